The van der Waals surface area contributed by atoms with Crippen LogP contribution in [0.1, 0.15) is 45.4 Å². The van der Waals surface area contributed by atoms with Crippen molar-refractivity contribution in [3.05, 3.63) is 0 Å². The highest BCUT2D eigenvalue weighted by molar-refractivity contribution is 6.85. The topological polar surface area (TPSA) is 0 Å². The third-order valence-electron chi connectivity index (χ3n) is 3.51. The summed E-state index contributed by atoms with van der Waals surface area (Å²) in [7, 11) is -0.928. The van der Waals surface area contributed by atoms with Crippen molar-refractivity contribution in [2.45, 2.75) is 63.6 Å². The summed E-state index contributed by atoms with van der Waals surface area (Å²) in [5.74, 6) is 0. The van der Waals surface area contributed by atoms with Gasteiger partial charge in [0, 0.05) is 5.50 Å². The lowest BCUT2D eigenvalue weighted by atomic mass is 10.3. The summed E-state index contributed by atoms with van der Waals surface area (Å²) >= 11 is 6.18. The van der Waals surface area contributed by atoms with Crippen molar-refractivity contribution in [2.75, 3.05) is 5.50 Å². The SMILES string of the molecule is CCCCC[Si]1(CCl)CCCCC1. The lowest BCUT2D eigenvalue weighted by Crippen LogP contribution is -2.38. The van der Waals surface area contributed by atoms with E-state index in [4.69, 9.17) is 11.6 Å². The normalized spacial score (nSPS) is 21.7. The van der Waals surface area contributed by atoms with E-state index in [0.29, 0.717) is 0 Å². The summed E-state index contributed by atoms with van der Waals surface area (Å²) in [6.07, 6.45) is 8.66. The van der Waals surface area contributed by atoms with Gasteiger partial charge < -0.3 is 0 Å². The first-order valence-electron chi connectivity index (χ1n) is 5.89. The van der Waals surface area contributed by atoms with Crippen LogP contribution in [0, 0.1) is 0 Å². The molecule has 0 aliphatic carbocycles. The second-order valence-corrected chi connectivity index (χ2v) is 10.2. The standard InChI is InChI=1S/C11H23ClSi/c1-2-3-5-8-13(11-12)9-6-4-7-10-13/h2-11H2,1H3. The molecule has 2 heteroatoms. The van der Waals surface area contributed by atoms with Crippen molar-refractivity contribution < 1.29 is 0 Å². The minimum absolute atomic E-state index is 0.928. The molecule has 1 heterocycles. The first-order chi connectivity index (χ1) is 6.33. The van der Waals surface area contributed by atoms with Crippen LogP contribution in [0.15, 0.2) is 0 Å². The van der Waals surface area contributed by atoms with E-state index < -0.39 is 8.07 Å². The fourth-order valence-electron chi connectivity index (χ4n) is 2.50. The first kappa shape index (κ1) is 11.6. The molecule has 0 spiro atoms. The van der Waals surface area contributed by atoms with Gasteiger partial charge in [-0.2, -0.15) is 0 Å². The average molecular weight is 219 g/mol. The molecule has 0 amide bonds. The van der Waals surface area contributed by atoms with Gasteiger partial charge in [-0.15, -0.1) is 11.6 Å². The van der Waals surface area contributed by atoms with E-state index in [1.165, 1.54) is 56.7 Å². The zero-order valence-corrected chi connectivity index (χ0v) is 10.7. The van der Waals surface area contributed by atoms with Crippen molar-refractivity contribution in [2.24, 2.45) is 0 Å². The molecule has 0 aromatic rings. The minimum Gasteiger partial charge on any atom is -0.130 e. The summed E-state index contributed by atoms with van der Waals surface area (Å²) in [6, 6.07) is 4.57. The van der Waals surface area contributed by atoms with Gasteiger partial charge in [-0.05, 0) is 0 Å². The van der Waals surface area contributed by atoms with Gasteiger partial charge in [0.2, 0.25) is 0 Å². The molecule has 13 heavy (non-hydrogen) atoms. The molecule has 1 rings (SSSR count). The van der Waals surface area contributed by atoms with Gasteiger partial charge in [-0.3, -0.25) is 0 Å². The minimum atomic E-state index is -0.928. The Labute approximate surface area is 89.1 Å². The van der Waals surface area contributed by atoms with Gasteiger partial charge in [-0.1, -0.05) is 63.6 Å². The van der Waals surface area contributed by atoms with Crippen LogP contribution in [-0.4, -0.2) is 13.6 Å². The van der Waals surface area contributed by atoms with Crippen LogP contribution in [-0.2, 0) is 0 Å². The molecule has 0 saturated carbocycles. The lowest BCUT2D eigenvalue weighted by molar-refractivity contribution is 0.688. The van der Waals surface area contributed by atoms with Crippen LogP contribution in [0.3, 0.4) is 0 Å². The number of hydrogen-bond acceptors (Lipinski definition) is 0. The summed E-state index contributed by atoms with van der Waals surface area (Å²) in [6.45, 7) is 2.29. The smallest absolute Gasteiger partial charge is 0.0700 e. The summed E-state index contributed by atoms with van der Waals surface area (Å²) in [5.41, 5.74) is 1.04. The Bertz CT molecular complexity index is 130. The molecule has 0 N–H and O–H groups in total. The molecule has 0 radical (unpaired) electrons. The fraction of sp³-hybridized carbons (Fsp3) is 1.00. The third-order valence-corrected chi connectivity index (χ3v) is 10.0. The number of hydrogen-bond donors (Lipinski definition) is 0. The van der Waals surface area contributed by atoms with Gasteiger partial charge in [0.1, 0.15) is 0 Å². The van der Waals surface area contributed by atoms with Gasteiger partial charge >= 0.3 is 0 Å². The molecule has 0 unspecified atom stereocenters. The van der Waals surface area contributed by atoms with E-state index in [0.717, 1.165) is 5.50 Å². The highest BCUT2D eigenvalue weighted by Crippen LogP contribution is 2.34. The predicted molar refractivity (Wildman–Crippen MR) is 64.3 cm³/mol. The second-order valence-electron chi connectivity index (χ2n) is 4.65. The number of rotatable bonds is 5. The summed E-state index contributed by atoms with van der Waals surface area (Å²) in [4.78, 5) is 0. The zero-order valence-electron chi connectivity index (χ0n) is 8.95. The Balaban J connectivity index is 2.29. The quantitative estimate of drug-likeness (QED) is 0.360. The van der Waals surface area contributed by atoms with Crippen LogP contribution in [0.4, 0.5) is 0 Å². The van der Waals surface area contributed by atoms with Crippen molar-refractivity contribution >= 4 is 19.7 Å². The Morgan fingerprint density at radius 2 is 1.77 bits per heavy atom. The molecule has 1 aliphatic heterocycles. The monoisotopic (exact) mass is 218 g/mol. The van der Waals surface area contributed by atoms with Crippen molar-refractivity contribution in [3.8, 4) is 0 Å². The maximum Gasteiger partial charge on any atom is 0.0700 e. The van der Waals surface area contributed by atoms with Crippen molar-refractivity contribution in [3.63, 3.8) is 0 Å². The molecule has 78 valence electrons. The summed E-state index contributed by atoms with van der Waals surface area (Å²) < 4.78 is 0. The molecule has 1 saturated heterocycles. The molecule has 0 aromatic carbocycles. The van der Waals surface area contributed by atoms with E-state index in [1.807, 2.05) is 0 Å². The van der Waals surface area contributed by atoms with Gasteiger partial charge in [0.05, 0.1) is 8.07 Å². The van der Waals surface area contributed by atoms with E-state index in [9.17, 15) is 0 Å². The highest BCUT2D eigenvalue weighted by atomic mass is 35.5. The van der Waals surface area contributed by atoms with Gasteiger partial charge in [0.25, 0.3) is 0 Å². The fourth-order valence-corrected chi connectivity index (χ4v) is 7.86. The molecule has 0 aromatic heterocycles. The maximum absolute atomic E-state index is 6.18. The zero-order chi connectivity index (χ0) is 9.57. The molecule has 0 nitrogen and oxygen atoms in total. The van der Waals surface area contributed by atoms with E-state index >= 15 is 0 Å². The van der Waals surface area contributed by atoms with E-state index in [1.54, 1.807) is 0 Å². The molecule has 0 atom stereocenters. The summed E-state index contributed by atoms with van der Waals surface area (Å²) in [5, 5.41) is 0. The third kappa shape index (κ3) is 3.63. The maximum atomic E-state index is 6.18. The Morgan fingerprint density at radius 3 is 2.31 bits per heavy atom. The van der Waals surface area contributed by atoms with Crippen molar-refractivity contribution in [1.82, 2.24) is 0 Å². The average Bonchev–Trinajstić information content (AvgIpc) is 2.20. The Hall–Kier alpha value is 0.507. The largest absolute Gasteiger partial charge is 0.130 e. The Kier molecular flexibility index (Phi) is 5.41. The van der Waals surface area contributed by atoms with Crippen LogP contribution in [0.2, 0.25) is 18.1 Å². The molecular weight excluding hydrogens is 196 g/mol. The lowest BCUT2D eigenvalue weighted by Gasteiger charge is -2.33. The highest BCUT2D eigenvalue weighted by Gasteiger charge is 2.32. The van der Waals surface area contributed by atoms with E-state index in [-0.39, 0.29) is 0 Å². The number of alkyl halides is 1. The van der Waals surface area contributed by atoms with Gasteiger partial charge in [0.15, 0.2) is 0 Å². The van der Waals surface area contributed by atoms with Crippen molar-refractivity contribution in [1.29, 1.82) is 0 Å². The second kappa shape index (κ2) is 6.08. The van der Waals surface area contributed by atoms with Crippen LogP contribution < -0.4 is 0 Å². The predicted octanol–water partition coefficient (Wildman–Crippen LogP) is 4.59. The molecule has 0 bridgehead atoms. The van der Waals surface area contributed by atoms with Crippen LogP contribution in [0.5, 0.6) is 0 Å². The van der Waals surface area contributed by atoms with Gasteiger partial charge in [-0.25, -0.2) is 0 Å². The molecular formula is C11H23ClSi. The number of halogens is 1. The van der Waals surface area contributed by atoms with E-state index in [2.05, 4.69) is 6.92 Å². The van der Waals surface area contributed by atoms with Crippen LogP contribution in [0.25, 0.3) is 0 Å². The molecule has 1 aliphatic rings. The van der Waals surface area contributed by atoms with Crippen LogP contribution >= 0.6 is 11.6 Å². The Morgan fingerprint density at radius 1 is 1.08 bits per heavy atom. The first-order valence-corrected chi connectivity index (χ1v) is 9.25. The molecule has 1 fully saturated rings. The number of unbranched alkanes of at least 4 members (excludes halogenated alkanes) is 2.